The second kappa shape index (κ2) is 6.86. The molecule has 2 amide bonds. The summed E-state index contributed by atoms with van der Waals surface area (Å²) in [5, 5.41) is 14.1. The van der Waals surface area contributed by atoms with E-state index in [1.54, 1.807) is 23.1 Å². The third-order valence-electron chi connectivity index (χ3n) is 3.81. The fraction of sp³-hybridized carbons (Fsp3) is 0.533. The maximum atomic E-state index is 12.2. The van der Waals surface area contributed by atoms with Crippen molar-refractivity contribution in [3.8, 4) is 0 Å². The van der Waals surface area contributed by atoms with Crippen LogP contribution in [0.3, 0.4) is 0 Å². The van der Waals surface area contributed by atoms with E-state index in [-0.39, 0.29) is 6.03 Å². The van der Waals surface area contributed by atoms with E-state index in [4.69, 9.17) is 23.2 Å². The number of hydrogen-bond donors (Lipinski definition) is 2. The van der Waals surface area contributed by atoms with Crippen molar-refractivity contribution in [2.24, 2.45) is 0 Å². The lowest BCUT2D eigenvalue weighted by molar-refractivity contribution is -0.0183. The molecule has 4 nitrogen and oxygen atoms in total. The third kappa shape index (κ3) is 4.50. The number of benzene rings is 1. The van der Waals surface area contributed by atoms with Gasteiger partial charge in [0.05, 0.1) is 5.60 Å². The molecule has 0 aliphatic carbocycles. The van der Waals surface area contributed by atoms with E-state index in [1.165, 1.54) is 0 Å². The standard InChI is InChI=1S/C15H20Cl2N2O2/c1-2-3-15(21)4-6-19(7-5-15)14(20)18-13-9-11(16)8-12(17)10-13/h8-10,21H,2-7H2,1H3,(H,18,20). The average molecular weight is 331 g/mol. The Balaban J connectivity index is 1.93. The predicted octanol–water partition coefficient (Wildman–Crippen LogP) is 4.15. The van der Waals surface area contributed by atoms with Gasteiger partial charge in [0.15, 0.2) is 0 Å². The van der Waals surface area contributed by atoms with Crippen LogP contribution >= 0.6 is 23.2 Å². The van der Waals surface area contributed by atoms with Crippen LogP contribution in [0.2, 0.25) is 10.0 Å². The van der Waals surface area contributed by atoms with Crippen LogP contribution in [0.25, 0.3) is 0 Å². The minimum atomic E-state index is -0.620. The zero-order valence-electron chi connectivity index (χ0n) is 12.0. The van der Waals surface area contributed by atoms with Gasteiger partial charge < -0.3 is 15.3 Å². The molecule has 116 valence electrons. The smallest absolute Gasteiger partial charge is 0.321 e. The fourth-order valence-corrected chi connectivity index (χ4v) is 3.20. The number of hydrogen-bond acceptors (Lipinski definition) is 2. The third-order valence-corrected chi connectivity index (χ3v) is 4.25. The summed E-state index contributed by atoms with van der Waals surface area (Å²) >= 11 is 11.8. The maximum Gasteiger partial charge on any atom is 0.321 e. The van der Waals surface area contributed by atoms with Gasteiger partial charge in [-0.05, 0) is 37.5 Å². The Morgan fingerprint density at radius 2 is 1.86 bits per heavy atom. The van der Waals surface area contributed by atoms with Gasteiger partial charge in [0, 0.05) is 28.8 Å². The summed E-state index contributed by atoms with van der Waals surface area (Å²) in [5.41, 5.74) is -0.0443. The SMILES string of the molecule is CCCC1(O)CCN(C(=O)Nc2cc(Cl)cc(Cl)c2)CC1. The van der Waals surface area contributed by atoms with Gasteiger partial charge in [0.1, 0.15) is 0 Å². The van der Waals surface area contributed by atoms with Crippen LogP contribution in [0.15, 0.2) is 18.2 Å². The Labute approximate surface area is 135 Å². The summed E-state index contributed by atoms with van der Waals surface area (Å²) in [7, 11) is 0. The highest BCUT2D eigenvalue weighted by Crippen LogP contribution is 2.28. The van der Waals surface area contributed by atoms with Crippen molar-refractivity contribution < 1.29 is 9.90 Å². The molecule has 6 heteroatoms. The highest BCUT2D eigenvalue weighted by Gasteiger charge is 2.32. The van der Waals surface area contributed by atoms with E-state index < -0.39 is 5.60 Å². The van der Waals surface area contributed by atoms with Crippen LogP contribution in [0.1, 0.15) is 32.6 Å². The number of urea groups is 1. The number of anilines is 1. The molecule has 0 bridgehead atoms. The summed E-state index contributed by atoms with van der Waals surface area (Å²) in [6.45, 7) is 3.16. The number of aliphatic hydroxyl groups is 1. The molecular weight excluding hydrogens is 311 g/mol. The van der Waals surface area contributed by atoms with Crippen molar-refractivity contribution in [3.05, 3.63) is 28.2 Å². The van der Waals surface area contributed by atoms with Crippen LogP contribution < -0.4 is 5.32 Å². The van der Waals surface area contributed by atoms with E-state index in [9.17, 15) is 9.90 Å². The Bertz CT molecular complexity index is 494. The summed E-state index contributed by atoms with van der Waals surface area (Å²) < 4.78 is 0. The van der Waals surface area contributed by atoms with Crippen molar-refractivity contribution >= 4 is 34.9 Å². The lowest BCUT2D eigenvalue weighted by Gasteiger charge is -2.38. The molecule has 2 N–H and O–H groups in total. The molecule has 0 saturated carbocycles. The van der Waals surface area contributed by atoms with Gasteiger partial charge in [-0.2, -0.15) is 0 Å². The fourth-order valence-electron chi connectivity index (χ4n) is 2.67. The van der Waals surface area contributed by atoms with E-state index in [2.05, 4.69) is 12.2 Å². The van der Waals surface area contributed by atoms with Gasteiger partial charge in [0.2, 0.25) is 0 Å². The van der Waals surface area contributed by atoms with Crippen molar-refractivity contribution in [2.45, 2.75) is 38.2 Å². The number of halogens is 2. The number of amides is 2. The number of carbonyl (C=O) groups excluding carboxylic acids is 1. The highest BCUT2D eigenvalue weighted by molar-refractivity contribution is 6.35. The van der Waals surface area contributed by atoms with Crippen LogP contribution in [0.5, 0.6) is 0 Å². The van der Waals surface area contributed by atoms with Crippen LogP contribution in [-0.2, 0) is 0 Å². The van der Waals surface area contributed by atoms with Gasteiger partial charge in [-0.25, -0.2) is 4.79 Å². The number of carbonyl (C=O) groups is 1. The van der Waals surface area contributed by atoms with E-state index in [0.717, 1.165) is 12.8 Å². The van der Waals surface area contributed by atoms with Crippen LogP contribution in [0, 0.1) is 0 Å². The summed E-state index contributed by atoms with van der Waals surface area (Å²) in [6.07, 6.45) is 2.96. The molecule has 0 aromatic heterocycles. The molecule has 1 heterocycles. The van der Waals surface area contributed by atoms with Crippen molar-refractivity contribution in [2.75, 3.05) is 18.4 Å². The lowest BCUT2D eigenvalue weighted by Crippen LogP contribution is -2.47. The predicted molar refractivity (Wildman–Crippen MR) is 86.1 cm³/mol. The summed E-state index contributed by atoms with van der Waals surface area (Å²) in [4.78, 5) is 13.9. The average Bonchev–Trinajstić information content (AvgIpc) is 2.38. The Hall–Kier alpha value is -0.970. The van der Waals surface area contributed by atoms with Crippen molar-refractivity contribution in [3.63, 3.8) is 0 Å². The first kappa shape index (κ1) is 16.4. The Kier molecular flexibility index (Phi) is 5.36. The van der Waals surface area contributed by atoms with E-state index >= 15 is 0 Å². The number of piperidine rings is 1. The normalized spacial score (nSPS) is 17.6. The minimum absolute atomic E-state index is 0.188. The Morgan fingerprint density at radius 3 is 2.38 bits per heavy atom. The quantitative estimate of drug-likeness (QED) is 0.874. The molecule has 21 heavy (non-hydrogen) atoms. The molecule has 0 radical (unpaired) electrons. The largest absolute Gasteiger partial charge is 0.390 e. The molecule has 1 aromatic carbocycles. The van der Waals surface area contributed by atoms with E-state index in [0.29, 0.717) is 41.7 Å². The molecule has 0 unspecified atom stereocenters. The first-order valence-electron chi connectivity index (χ1n) is 7.16. The zero-order chi connectivity index (χ0) is 15.5. The molecule has 1 aliphatic rings. The first-order chi connectivity index (χ1) is 9.92. The lowest BCUT2D eigenvalue weighted by atomic mass is 9.87. The molecule has 1 aromatic rings. The highest BCUT2D eigenvalue weighted by atomic mass is 35.5. The Morgan fingerprint density at radius 1 is 1.29 bits per heavy atom. The van der Waals surface area contributed by atoms with E-state index in [1.807, 2.05) is 0 Å². The number of nitrogens with one attached hydrogen (secondary N) is 1. The summed E-state index contributed by atoms with van der Waals surface area (Å²) in [5.74, 6) is 0. The second-order valence-corrected chi connectivity index (χ2v) is 6.42. The first-order valence-corrected chi connectivity index (χ1v) is 7.92. The molecule has 1 aliphatic heterocycles. The summed E-state index contributed by atoms with van der Waals surface area (Å²) in [6, 6.07) is 4.74. The van der Waals surface area contributed by atoms with Crippen LogP contribution in [-0.4, -0.2) is 34.7 Å². The van der Waals surface area contributed by atoms with Crippen LogP contribution in [0.4, 0.5) is 10.5 Å². The van der Waals surface area contributed by atoms with Crippen molar-refractivity contribution in [1.29, 1.82) is 0 Å². The molecule has 1 fully saturated rings. The van der Waals surface area contributed by atoms with Gasteiger partial charge in [0.25, 0.3) is 0 Å². The van der Waals surface area contributed by atoms with Gasteiger partial charge >= 0.3 is 6.03 Å². The maximum absolute atomic E-state index is 12.2. The van der Waals surface area contributed by atoms with Gasteiger partial charge in [-0.3, -0.25) is 0 Å². The number of likely N-dealkylation sites (tertiary alicyclic amines) is 1. The molecule has 0 spiro atoms. The van der Waals surface area contributed by atoms with Gasteiger partial charge in [-0.15, -0.1) is 0 Å². The molecule has 2 rings (SSSR count). The number of nitrogens with zero attached hydrogens (tertiary/aromatic N) is 1. The second-order valence-electron chi connectivity index (χ2n) is 5.55. The van der Waals surface area contributed by atoms with Crippen molar-refractivity contribution in [1.82, 2.24) is 4.90 Å². The van der Waals surface area contributed by atoms with Gasteiger partial charge in [-0.1, -0.05) is 36.5 Å². The molecule has 1 saturated heterocycles. The number of rotatable bonds is 3. The molecule has 0 atom stereocenters. The topological polar surface area (TPSA) is 52.6 Å². The zero-order valence-corrected chi connectivity index (χ0v) is 13.5. The molecular formula is C15H20Cl2N2O2. The monoisotopic (exact) mass is 330 g/mol. The minimum Gasteiger partial charge on any atom is -0.390 e.